The van der Waals surface area contributed by atoms with Crippen LogP contribution >= 0.6 is 0 Å². The van der Waals surface area contributed by atoms with E-state index in [2.05, 4.69) is 29.4 Å². The van der Waals surface area contributed by atoms with Crippen molar-refractivity contribution in [2.75, 3.05) is 29.9 Å². The Morgan fingerprint density at radius 3 is 2.50 bits per heavy atom. The number of piperidine rings is 1. The highest BCUT2D eigenvalue weighted by atomic mass is 16.2. The molecule has 2 fully saturated rings. The summed E-state index contributed by atoms with van der Waals surface area (Å²) in [6.45, 7) is 5.63. The summed E-state index contributed by atoms with van der Waals surface area (Å²) in [5.41, 5.74) is 3.17. The quantitative estimate of drug-likeness (QED) is 0.675. The van der Waals surface area contributed by atoms with E-state index in [4.69, 9.17) is 0 Å². The maximum atomic E-state index is 13.1. The van der Waals surface area contributed by atoms with Gasteiger partial charge in [-0.25, -0.2) is 4.98 Å². The molecule has 0 bridgehead atoms. The van der Waals surface area contributed by atoms with Gasteiger partial charge in [-0.05, 0) is 68.0 Å². The molecule has 3 heterocycles. The van der Waals surface area contributed by atoms with Crippen LogP contribution in [0.1, 0.15) is 50.2 Å². The zero-order valence-corrected chi connectivity index (χ0v) is 20.1. The third-order valence-corrected chi connectivity index (χ3v) is 6.89. The van der Waals surface area contributed by atoms with Crippen molar-refractivity contribution < 1.29 is 14.4 Å². The van der Waals surface area contributed by atoms with Crippen LogP contribution in [0.5, 0.6) is 0 Å². The van der Waals surface area contributed by atoms with Gasteiger partial charge in [-0.1, -0.05) is 25.5 Å². The average Bonchev–Trinajstić information content (AvgIpc) is 3.24. The van der Waals surface area contributed by atoms with Crippen molar-refractivity contribution in [1.29, 1.82) is 0 Å². The lowest BCUT2D eigenvalue weighted by Gasteiger charge is -2.32. The van der Waals surface area contributed by atoms with Gasteiger partial charge in [0.15, 0.2) is 0 Å². The zero-order chi connectivity index (χ0) is 24.1. The lowest BCUT2D eigenvalue weighted by Crippen LogP contribution is -2.44. The molecule has 7 heteroatoms. The molecule has 1 aromatic heterocycles. The topological polar surface area (TPSA) is 82.6 Å². The molecule has 1 N–H and O–H groups in total. The summed E-state index contributed by atoms with van der Waals surface area (Å²) >= 11 is 0. The van der Waals surface area contributed by atoms with E-state index in [0.29, 0.717) is 38.3 Å². The summed E-state index contributed by atoms with van der Waals surface area (Å²) in [6, 6.07) is 11.9. The molecule has 1 atom stereocenters. The van der Waals surface area contributed by atoms with Gasteiger partial charge < -0.3 is 15.1 Å². The van der Waals surface area contributed by atoms with E-state index in [9.17, 15) is 14.4 Å². The Bertz CT molecular complexity index is 1030. The van der Waals surface area contributed by atoms with Crippen LogP contribution in [0, 0.1) is 18.8 Å². The Morgan fingerprint density at radius 1 is 1.09 bits per heavy atom. The molecule has 7 nitrogen and oxygen atoms in total. The predicted octanol–water partition coefficient (Wildman–Crippen LogP) is 3.96. The molecule has 0 spiro atoms. The number of amides is 3. The molecule has 2 aliphatic rings. The number of unbranched alkanes of at least 4 members (excludes halogenated alkanes) is 1. The maximum absolute atomic E-state index is 13.1. The third kappa shape index (κ3) is 5.64. The Labute approximate surface area is 201 Å². The van der Waals surface area contributed by atoms with Crippen LogP contribution in [0.3, 0.4) is 0 Å². The van der Waals surface area contributed by atoms with Gasteiger partial charge in [0.1, 0.15) is 5.82 Å². The average molecular weight is 463 g/mol. The van der Waals surface area contributed by atoms with Crippen molar-refractivity contribution >= 4 is 29.2 Å². The Morgan fingerprint density at radius 2 is 1.82 bits per heavy atom. The van der Waals surface area contributed by atoms with Crippen molar-refractivity contribution in [3.05, 3.63) is 53.7 Å². The normalized spacial score (nSPS) is 18.9. The van der Waals surface area contributed by atoms with Crippen LogP contribution in [0.15, 0.2) is 42.6 Å². The van der Waals surface area contributed by atoms with Crippen molar-refractivity contribution in [2.24, 2.45) is 11.8 Å². The number of hydrogen-bond acceptors (Lipinski definition) is 4. The van der Waals surface area contributed by atoms with Crippen molar-refractivity contribution in [1.82, 2.24) is 9.88 Å². The molecule has 0 aliphatic carbocycles. The Balaban J connectivity index is 1.28. The first-order chi connectivity index (χ1) is 16.4. The molecule has 4 rings (SSSR count). The summed E-state index contributed by atoms with van der Waals surface area (Å²) in [5, 5.41) is 2.89. The molecule has 1 aromatic carbocycles. The monoisotopic (exact) mass is 462 g/mol. The van der Waals surface area contributed by atoms with E-state index in [1.165, 1.54) is 5.56 Å². The SMILES string of the molecule is CCCCc1ccc(N2CC(C(=O)N3CCC(C(=O)Nc4cc(C)ccn4)CC3)CC2=O)cc1. The van der Waals surface area contributed by atoms with Crippen LogP contribution in [-0.2, 0) is 20.8 Å². The predicted molar refractivity (Wildman–Crippen MR) is 132 cm³/mol. The lowest BCUT2D eigenvalue weighted by molar-refractivity contribution is -0.138. The maximum Gasteiger partial charge on any atom is 0.228 e. The van der Waals surface area contributed by atoms with Crippen molar-refractivity contribution in [3.8, 4) is 0 Å². The molecule has 0 saturated carbocycles. The second-order valence-corrected chi connectivity index (χ2v) is 9.48. The number of aromatic nitrogens is 1. The van der Waals surface area contributed by atoms with Crippen molar-refractivity contribution in [2.45, 2.75) is 52.4 Å². The Kier molecular flexibility index (Phi) is 7.60. The molecule has 0 radical (unpaired) electrons. The smallest absolute Gasteiger partial charge is 0.228 e. The molecule has 2 aliphatic heterocycles. The number of hydrogen-bond donors (Lipinski definition) is 1. The fourth-order valence-corrected chi connectivity index (χ4v) is 4.80. The molecule has 2 aromatic rings. The molecule has 2 saturated heterocycles. The number of benzene rings is 1. The van der Waals surface area contributed by atoms with Gasteiger partial charge in [-0.2, -0.15) is 0 Å². The van der Waals surface area contributed by atoms with Crippen LogP contribution in [0.4, 0.5) is 11.5 Å². The van der Waals surface area contributed by atoms with Crippen molar-refractivity contribution in [3.63, 3.8) is 0 Å². The molecule has 1 unspecified atom stereocenters. The number of carbonyl (C=O) groups excluding carboxylic acids is 3. The number of nitrogens with zero attached hydrogens (tertiary/aromatic N) is 3. The largest absolute Gasteiger partial charge is 0.342 e. The number of rotatable bonds is 7. The number of aryl methyl sites for hydroxylation is 2. The minimum Gasteiger partial charge on any atom is -0.342 e. The summed E-state index contributed by atoms with van der Waals surface area (Å²) in [6.07, 6.45) is 6.51. The second kappa shape index (κ2) is 10.8. The fourth-order valence-electron chi connectivity index (χ4n) is 4.80. The lowest BCUT2D eigenvalue weighted by atomic mass is 9.94. The van der Waals surface area contributed by atoms with Gasteiger partial charge in [-0.15, -0.1) is 0 Å². The van der Waals surface area contributed by atoms with E-state index in [1.807, 2.05) is 36.1 Å². The number of likely N-dealkylation sites (tertiary alicyclic amines) is 1. The summed E-state index contributed by atoms with van der Waals surface area (Å²) in [4.78, 5) is 46.2. The van der Waals surface area contributed by atoms with Crippen LogP contribution in [0.2, 0.25) is 0 Å². The third-order valence-electron chi connectivity index (χ3n) is 6.89. The second-order valence-electron chi connectivity index (χ2n) is 9.48. The molecular weight excluding hydrogens is 428 g/mol. The van der Waals surface area contributed by atoms with Gasteiger partial charge in [-0.3, -0.25) is 14.4 Å². The minimum absolute atomic E-state index is 0.000392. The van der Waals surface area contributed by atoms with Gasteiger partial charge in [0.05, 0.1) is 5.92 Å². The highest BCUT2D eigenvalue weighted by Crippen LogP contribution is 2.28. The molecule has 3 amide bonds. The number of anilines is 2. The van der Waals surface area contributed by atoms with E-state index >= 15 is 0 Å². The highest BCUT2D eigenvalue weighted by Gasteiger charge is 2.38. The number of carbonyl (C=O) groups is 3. The molecule has 180 valence electrons. The van der Waals surface area contributed by atoms with Gasteiger partial charge in [0, 0.05) is 43.9 Å². The first-order valence-corrected chi connectivity index (χ1v) is 12.4. The molecular formula is C27H34N4O3. The van der Waals surface area contributed by atoms with Gasteiger partial charge >= 0.3 is 0 Å². The fraction of sp³-hybridized carbons (Fsp3) is 0.481. The van der Waals surface area contributed by atoms with Gasteiger partial charge in [0.2, 0.25) is 17.7 Å². The summed E-state index contributed by atoms with van der Waals surface area (Å²) < 4.78 is 0. The zero-order valence-electron chi connectivity index (χ0n) is 20.1. The van der Waals surface area contributed by atoms with Gasteiger partial charge in [0.25, 0.3) is 0 Å². The first kappa shape index (κ1) is 23.9. The van der Waals surface area contributed by atoms with Crippen LogP contribution < -0.4 is 10.2 Å². The number of nitrogens with one attached hydrogen (secondary N) is 1. The van der Waals surface area contributed by atoms with Crippen LogP contribution in [0.25, 0.3) is 0 Å². The van der Waals surface area contributed by atoms with E-state index in [1.54, 1.807) is 11.1 Å². The van der Waals surface area contributed by atoms with E-state index in [-0.39, 0.29) is 36.0 Å². The Hall–Kier alpha value is -3.22. The first-order valence-electron chi connectivity index (χ1n) is 12.4. The van der Waals surface area contributed by atoms with E-state index in [0.717, 1.165) is 30.5 Å². The number of pyridine rings is 1. The molecule has 34 heavy (non-hydrogen) atoms. The van der Waals surface area contributed by atoms with E-state index < -0.39 is 0 Å². The highest BCUT2D eigenvalue weighted by molar-refractivity contribution is 6.00. The summed E-state index contributed by atoms with van der Waals surface area (Å²) in [7, 11) is 0. The summed E-state index contributed by atoms with van der Waals surface area (Å²) in [5.74, 6) is 0.0731. The van der Waals surface area contributed by atoms with Crippen LogP contribution in [-0.4, -0.2) is 47.2 Å². The standard InChI is InChI=1S/C27H34N4O3/c1-3-4-5-20-6-8-23(9-7-20)31-18-22(17-25(31)32)27(34)30-14-11-21(12-15-30)26(33)29-24-16-19(2)10-13-28-24/h6-10,13,16,21-22H,3-5,11-12,14-15,17-18H2,1-2H3,(H,28,29,33). The minimum atomic E-state index is -0.325.